The van der Waals surface area contributed by atoms with Gasteiger partial charge in [-0.25, -0.2) is 4.79 Å². The lowest BCUT2D eigenvalue weighted by Crippen LogP contribution is -2.55. The molecule has 3 unspecified atom stereocenters. The molecule has 7 N–H and O–H groups in total. The number of unbranched alkanes of at least 4 members (excludes halogenated alkanes) is 1. The van der Waals surface area contributed by atoms with Crippen LogP contribution < -0.4 is 22.1 Å². The van der Waals surface area contributed by atoms with Crippen LogP contribution in [0.5, 0.6) is 0 Å². The van der Waals surface area contributed by atoms with Crippen molar-refractivity contribution in [3.63, 3.8) is 0 Å². The Bertz CT molecular complexity index is 527. The van der Waals surface area contributed by atoms with Crippen LogP contribution in [-0.4, -0.2) is 71.5 Å². The van der Waals surface area contributed by atoms with Gasteiger partial charge >= 0.3 is 5.97 Å². The number of likely N-dealkylation sites (tertiary alicyclic amines) is 1. The fourth-order valence-corrected chi connectivity index (χ4v) is 2.93. The Labute approximate surface area is 152 Å². The Kier molecular flexibility index (Phi) is 9.00. The lowest BCUT2D eigenvalue weighted by Gasteiger charge is -2.28. The minimum Gasteiger partial charge on any atom is -0.480 e. The third kappa shape index (κ3) is 6.26. The van der Waals surface area contributed by atoms with Crippen LogP contribution >= 0.6 is 0 Å². The molecule has 3 atom stereocenters. The molecule has 1 aliphatic heterocycles. The molecule has 0 aromatic carbocycles. The van der Waals surface area contributed by atoms with E-state index in [9.17, 15) is 24.3 Å². The Morgan fingerprint density at radius 1 is 1.19 bits per heavy atom. The van der Waals surface area contributed by atoms with E-state index in [4.69, 9.17) is 11.5 Å². The SMILES string of the molecule is CC(NC(=O)CN)C(=O)N1CCCC1C(=O)NC(CCCCN)C(=O)O. The second kappa shape index (κ2) is 10.7. The van der Waals surface area contributed by atoms with Crippen molar-refractivity contribution < 1.29 is 24.3 Å². The van der Waals surface area contributed by atoms with Gasteiger partial charge in [0.15, 0.2) is 0 Å². The minimum atomic E-state index is -1.12. The van der Waals surface area contributed by atoms with Crippen LogP contribution in [0.3, 0.4) is 0 Å². The molecule has 0 saturated carbocycles. The molecule has 148 valence electrons. The van der Waals surface area contributed by atoms with E-state index in [-0.39, 0.29) is 18.9 Å². The molecule has 0 bridgehead atoms. The lowest BCUT2D eigenvalue weighted by atomic mass is 10.1. The van der Waals surface area contributed by atoms with Crippen LogP contribution in [-0.2, 0) is 19.2 Å². The first-order valence-electron chi connectivity index (χ1n) is 8.85. The first kappa shape index (κ1) is 21.8. The maximum absolute atomic E-state index is 12.5. The van der Waals surface area contributed by atoms with Gasteiger partial charge in [0.05, 0.1) is 6.54 Å². The number of carbonyl (C=O) groups is 4. The number of carbonyl (C=O) groups excluding carboxylic acids is 3. The van der Waals surface area contributed by atoms with Crippen molar-refractivity contribution in [1.29, 1.82) is 0 Å². The van der Waals surface area contributed by atoms with Gasteiger partial charge in [-0.3, -0.25) is 14.4 Å². The standard InChI is InChI=1S/C16H29N5O5/c1-10(19-13(22)9-18)15(24)21-8-4-6-12(21)14(23)20-11(16(25)26)5-2-3-7-17/h10-12H,2-9,17-18H2,1H3,(H,19,22)(H,20,23)(H,25,26). The monoisotopic (exact) mass is 371 g/mol. The van der Waals surface area contributed by atoms with E-state index in [1.165, 1.54) is 11.8 Å². The molecule has 3 amide bonds. The van der Waals surface area contributed by atoms with E-state index in [2.05, 4.69) is 10.6 Å². The maximum atomic E-state index is 12.5. The number of hydrogen-bond acceptors (Lipinski definition) is 6. The topological polar surface area (TPSA) is 168 Å². The zero-order valence-corrected chi connectivity index (χ0v) is 15.1. The van der Waals surface area contributed by atoms with Crippen molar-refractivity contribution in [2.24, 2.45) is 11.5 Å². The number of carboxylic acids is 1. The first-order chi connectivity index (χ1) is 12.3. The zero-order chi connectivity index (χ0) is 19.7. The van der Waals surface area contributed by atoms with Crippen molar-refractivity contribution in [2.45, 2.75) is 57.2 Å². The highest BCUT2D eigenvalue weighted by atomic mass is 16.4. The van der Waals surface area contributed by atoms with Gasteiger partial charge in [0, 0.05) is 6.54 Å². The summed E-state index contributed by atoms with van der Waals surface area (Å²) >= 11 is 0. The van der Waals surface area contributed by atoms with Crippen LogP contribution in [0, 0.1) is 0 Å². The van der Waals surface area contributed by atoms with Crippen LogP contribution in [0.2, 0.25) is 0 Å². The van der Waals surface area contributed by atoms with Crippen molar-refractivity contribution in [3.8, 4) is 0 Å². The average molecular weight is 371 g/mol. The van der Waals surface area contributed by atoms with Crippen LogP contribution in [0.1, 0.15) is 39.0 Å². The summed E-state index contributed by atoms with van der Waals surface area (Å²) in [5.74, 6) is -2.46. The van der Waals surface area contributed by atoms with E-state index in [1.54, 1.807) is 0 Å². The third-order valence-corrected chi connectivity index (χ3v) is 4.33. The molecule has 0 spiro atoms. The lowest BCUT2D eigenvalue weighted by molar-refractivity contribution is -0.144. The molecule has 1 saturated heterocycles. The third-order valence-electron chi connectivity index (χ3n) is 4.33. The number of nitrogens with one attached hydrogen (secondary N) is 2. The fraction of sp³-hybridized carbons (Fsp3) is 0.750. The van der Waals surface area contributed by atoms with Crippen molar-refractivity contribution in [1.82, 2.24) is 15.5 Å². The Hall–Kier alpha value is -2.20. The number of carboxylic acid groups (broad SMARTS) is 1. The van der Waals surface area contributed by atoms with E-state index in [0.717, 1.165) is 0 Å². The van der Waals surface area contributed by atoms with Gasteiger partial charge in [0.25, 0.3) is 0 Å². The molecule has 26 heavy (non-hydrogen) atoms. The van der Waals surface area contributed by atoms with Gasteiger partial charge < -0.3 is 32.1 Å². The van der Waals surface area contributed by atoms with Crippen molar-refractivity contribution in [3.05, 3.63) is 0 Å². The van der Waals surface area contributed by atoms with E-state index < -0.39 is 35.9 Å². The van der Waals surface area contributed by atoms with Gasteiger partial charge in [0.1, 0.15) is 18.1 Å². The van der Waals surface area contributed by atoms with E-state index in [1.807, 2.05) is 0 Å². The first-order valence-corrected chi connectivity index (χ1v) is 8.85. The quantitative estimate of drug-likeness (QED) is 0.280. The second-order valence-corrected chi connectivity index (χ2v) is 6.37. The Balaban J connectivity index is 2.69. The minimum absolute atomic E-state index is 0.232. The Morgan fingerprint density at radius 2 is 1.88 bits per heavy atom. The van der Waals surface area contributed by atoms with Gasteiger partial charge in [-0.05, 0) is 45.6 Å². The summed E-state index contributed by atoms with van der Waals surface area (Å²) in [6.07, 6.45) is 2.62. The largest absolute Gasteiger partial charge is 0.480 e. The van der Waals surface area contributed by atoms with Crippen molar-refractivity contribution >= 4 is 23.7 Å². The molecule has 0 aromatic rings. The highest BCUT2D eigenvalue weighted by Crippen LogP contribution is 2.19. The van der Waals surface area contributed by atoms with Crippen LogP contribution in [0.15, 0.2) is 0 Å². The summed E-state index contributed by atoms with van der Waals surface area (Å²) in [4.78, 5) is 49.1. The summed E-state index contributed by atoms with van der Waals surface area (Å²) in [6.45, 7) is 2.13. The van der Waals surface area contributed by atoms with Gasteiger partial charge in [-0.2, -0.15) is 0 Å². The summed E-state index contributed by atoms with van der Waals surface area (Å²) < 4.78 is 0. The molecule has 0 aromatic heterocycles. The average Bonchev–Trinajstić information content (AvgIpc) is 3.09. The number of amides is 3. The molecular weight excluding hydrogens is 342 g/mol. The van der Waals surface area contributed by atoms with Gasteiger partial charge in [0.2, 0.25) is 17.7 Å². The molecule has 1 rings (SSSR count). The smallest absolute Gasteiger partial charge is 0.326 e. The Morgan fingerprint density at radius 3 is 2.46 bits per heavy atom. The number of hydrogen-bond donors (Lipinski definition) is 5. The predicted molar refractivity (Wildman–Crippen MR) is 93.9 cm³/mol. The second-order valence-electron chi connectivity index (χ2n) is 6.37. The van der Waals surface area contributed by atoms with Gasteiger partial charge in [-0.15, -0.1) is 0 Å². The molecule has 1 heterocycles. The molecule has 1 aliphatic rings. The molecule has 10 nitrogen and oxygen atoms in total. The molecule has 0 radical (unpaired) electrons. The fourth-order valence-electron chi connectivity index (χ4n) is 2.93. The summed E-state index contributed by atoms with van der Waals surface area (Å²) in [7, 11) is 0. The van der Waals surface area contributed by atoms with Crippen molar-refractivity contribution in [2.75, 3.05) is 19.6 Å². The highest BCUT2D eigenvalue weighted by Gasteiger charge is 2.37. The number of rotatable bonds is 10. The van der Waals surface area contributed by atoms with Gasteiger partial charge in [-0.1, -0.05) is 0 Å². The molecule has 1 fully saturated rings. The normalized spacial score (nSPS) is 18.9. The summed E-state index contributed by atoms with van der Waals surface area (Å²) in [6, 6.07) is -2.56. The maximum Gasteiger partial charge on any atom is 0.326 e. The molecule has 10 heteroatoms. The number of nitrogens with two attached hydrogens (primary N) is 2. The van der Waals surface area contributed by atoms with E-state index >= 15 is 0 Å². The summed E-state index contributed by atoms with van der Waals surface area (Å²) in [5, 5.41) is 14.2. The molecular formula is C16H29N5O5. The summed E-state index contributed by atoms with van der Waals surface area (Å²) in [5.41, 5.74) is 10.6. The number of nitrogens with zero attached hydrogens (tertiary/aromatic N) is 1. The highest BCUT2D eigenvalue weighted by molar-refractivity contribution is 5.93. The predicted octanol–water partition coefficient (Wildman–Crippen LogP) is -1.86. The number of aliphatic carboxylic acids is 1. The van der Waals surface area contributed by atoms with E-state index in [0.29, 0.717) is 38.8 Å². The zero-order valence-electron chi connectivity index (χ0n) is 15.1. The van der Waals surface area contributed by atoms with Crippen LogP contribution in [0.4, 0.5) is 0 Å². The molecule has 0 aliphatic carbocycles. The van der Waals surface area contributed by atoms with Crippen LogP contribution in [0.25, 0.3) is 0 Å².